The average Bonchev–Trinajstić information content (AvgIpc) is 3.96. The van der Waals surface area contributed by atoms with E-state index in [0.29, 0.717) is 33.6 Å². The van der Waals surface area contributed by atoms with E-state index in [0.717, 1.165) is 105 Å². The van der Waals surface area contributed by atoms with E-state index in [1.165, 1.54) is 0 Å². The summed E-state index contributed by atoms with van der Waals surface area (Å²) in [7, 11) is 0. The van der Waals surface area contributed by atoms with Gasteiger partial charge in [0.15, 0.2) is 0 Å². The van der Waals surface area contributed by atoms with Crippen molar-refractivity contribution in [2.45, 2.75) is 0 Å². The first-order valence-electron chi connectivity index (χ1n) is 23.1. The normalized spacial score (nSPS) is 11.0. The Balaban J connectivity index is 1.15. The zero-order valence-electron chi connectivity index (χ0n) is 38.2. The summed E-state index contributed by atoms with van der Waals surface area (Å²) >= 11 is 0. The third-order valence-corrected chi connectivity index (χ3v) is 13.6. The molecule has 0 saturated heterocycles. The monoisotopic (exact) mass is 914 g/mol. The largest absolute Gasteiger partial charge is 0.307 e. The van der Waals surface area contributed by atoms with Gasteiger partial charge in [0.1, 0.15) is 5.82 Å². The van der Waals surface area contributed by atoms with Crippen molar-refractivity contribution in [2.24, 2.45) is 0 Å². The number of rotatable bonds is 7. The van der Waals surface area contributed by atoms with Gasteiger partial charge in [0.05, 0.1) is 92.1 Å². The predicted octanol–water partition coefficient (Wildman–Crippen LogP) is 15.0. The van der Waals surface area contributed by atoms with Crippen molar-refractivity contribution in [3.63, 3.8) is 0 Å². The fourth-order valence-electron chi connectivity index (χ4n) is 9.98. The maximum atomic E-state index is 10.8. The summed E-state index contributed by atoms with van der Waals surface area (Å²) in [4.78, 5) is 5.41. The number of pyridine rings is 1. The first kappa shape index (κ1) is 42.5. The molecule has 0 fully saturated rings. The van der Waals surface area contributed by atoms with E-state index in [4.69, 9.17) is 4.98 Å². The highest BCUT2D eigenvalue weighted by atomic mass is 15.1. The van der Waals surface area contributed by atoms with E-state index in [2.05, 4.69) is 118 Å². The van der Waals surface area contributed by atoms with Gasteiger partial charge in [0.25, 0.3) is 0 Å². The predicted molar refractivity (Wildman–Crippen MR) is 284 cm³/mol. The molecule has 0 radical (unpaired) electrons. The molecular formula is C64H34N8. The summed E-state index contributed by atoms with van der Waals surface area (Å²) in [5.74, 6) is 0.632. The van der Waals surface area contributed by atoms with Gasteiger partial charge in [-0.15, -0.1) is 0 Å². The Bertz CT molecular complexity index is 4180. The summed E-state index contributed by atoms with van der Waals surface area (Å²) in [5.41, 5.74) is 16.5. The van der Waals surface area contributed by atoms with Gasteiger partial charge in [0.2, 0.25) is 0 Å². The van der Waals surface area contributed by atoms with Crippen molar-refractivity contribution < 1.29 is 0 Å². The minimum Gasteiger partial charge on any atom is -0.307 e. The number of nitrogens with zero attached hydrogens (tertiary/aromatic N) is 8. The van der Waals surface area contributed by atoms with Crippen molar-refractivity contribution in [3.8, 4) is 97.5 Å². The topological polar surface area (TPSA) is 142 Å². The maximum Gasteiger partial charge on any atom is 0.138 e. The van der Waals surface area contributed by atoms with Crippen LogP contribution in [0, 0.1) is 56.7 Å². The van der Waals surface area contributed by atoms with Crippen LogP contribution in [0.5, 0.6) is 0 Å². The molecule has 8 heteroatoms. The zero-order chi connectivity index (χ0) is 48.9. The highest BCUT2D eigenvalue weighted by Crippen LogP contribution is 2.43. The van der Waals surface area contributed by atoms with Gasteiger partial charge < -0.3 is 4.57 Å². The molecular weight excluding hydrogens is 881 g/mol. The van der Waals surface area contributed by atoms with Crippen LogP contribution in [0.2, 0.25) is 0 Å². The van der Waals surface area contributed by atoms with E-state index in [9.17, 15) is 26.3 Å². The molecule has 72 heavy (non-hydrogen) atoms. The lowest BCUT2D eigenvalue weighted by Gasteiger charge is -2.18. The fraction of sp³-hybridized carbons (Fsp3) is 0. The van der Waals surface area contributed by atoms with Crippen LogP contribution in [0.25, 0.3) is 111 Å². The summed E-state index contributed by atoms with van der Waals surface area (Å²) < 4.78 is 4.42. The molecule has 330 valence electrons. The quantitative estimate of drug-likeness (QED) is 0.156. The molecule has 0 unspecified atom stereocenters. The second-order valence-electron chi connectivity index (χ2n) is 17.6. The van der Waals surface area contributed by atoms with Crippen LogP contribution < -0.4 is 0 Å². The van der Waals surface area contributed by atoms with Crippen LogP contribution >= 0.6 is 0 Å². The lowest BCUT2D eigenvalue weighted by molar-refractivity contribution is 1.06. The smallest absolute Gasteiger partial charge is 0.138 e. The molecule has 3 heterocycles. The number of nitriles is 5. The van der Waals surface area contributed by atoms with Gasteiger partial charge in [-0.1, -0.05) is 115 Å². The average molecular weight is 915 g/mol. The highest BCUT2D eigenvalue weighted by Gasteiger charge is 2.23. The van der Waals surface area contributed by atoms with Crippen molar-refractivity contribution >= 4 is 43.6 Å². The number of fused-ring (bicyclic) bond motifs is 6. The molecule has 0 aliphatic heterocycles. The minimum absolute atomic E-state index is 0.502. The van der Waals surface area contributed by atoms with Crippen molar-refractivity contribution in [1.82, 2.24) is 14.1 Å². The second kappa shape index (κ2) is 17.4. The van der Waals surface area contributed by atoms with Gasteiger partial charge >= 0.3 is 0 Å². The number of hydrogen-bond acceptors (Lipinski definition) is 6. The van der Waals surface area contributed by atoms with E-state index in [1.807, 2.05) is 128 Å². The summed E-state index contributed by atoms with van der Waals surface area (Å²) in [5, 5.41) is 53.2. The number of aromatic nitrogens is 3. The van der Waals surface area contributed by atoms with Crippen molar-refractivity contribution in [2.75, 3.05) is 0 Å². The van der Waals surface area contributed by atoms with Crippen molar-refractivity contribution in [3.05, 3.63) is 234 Å². The lowest BCUT2D eigenvalue weighted by Crippen LogP contribution is -2.04. The Hall–Kier alpha value is -10.8. The molecule has 0 saturated carbocycles. The molecule has 0 aliphatic carbocycles. The van der Waals surface area contributed by atoms with Gasteiger partial charge in [0, 0.05) is 32.7 Å². The van der Waals surface area contributed by atoms with Crippen LogP contribution in [0.4, 0.5) is 0 Å². The summed E-state index contributed by atoms with van der Waals surface area (Å²) in [6.07, 6.45) is 1.91. The Morgan fingerprint density at radius 2 is 0.639 bits per heavy atom. The lowest BCUT2D eigenvalue weighted by atomic mass is 9.99. The molecule has 0 N–H and O–H groups in total. The van der Waals surface area contributed by atoms with Gasteiger partial charge in [-0.05, 0) is 129 Å². The van der Waals surface area contributed by atoms with E-state index >= 15 is 0 Å². The van der Waals surface area contributed by atoms with Crippen LogP contribution in [0.1, 0.15) is 27.8 Å². The summed E-state index contributed by atoms with van der Waals surface area (Å²) in [6, 6.07) is 77.1. The molecule has 12 rings (SSSR count). The van der Waals surface area contributed by atoms with Crippen LogP contribution in [0.3, 0.4) is 0 Å². The molecule has 3 aromatic heterocycles. The Labute approximate surface area is 413 Å². The summed E-state index contributed by atoms with van der Waals surface area (Å²) in [6.45, 7) is 0. The fourth-order valence-corrected chi connectivity index (χ4v) is 9.98. The Morgan fingerprint density at radius 3 is 0.986 bits per heavy atom. The standard InChI is InChI=1S/C64H34N8/c65-34-40-5-13-44(14-6-40)48-21-25-54-55-26-22-49(45-15-7-41(35-66)8-16-45)30-60(55)71(59(54)29-48)63-39-70-64(33-58(63)53-4-2-1-3-52(53)38-69)72-61-31-50(46-17-9-42(36-67)10-18-46)23-27-56(61)57-28-24-51(32-62(57)72)47-19-11-43(37-68)12-20-47/h1-33,39H. The van der Waals surface area contributed by atoms with Gasteiger partial charge in [-0.2, -0.15) is 26.3 Å². The van der Waals surface area contributed by atoms with Crippen LogP contribution in [-0.2, 0) is 0 Å². The van der Waals surface area contributed by atoms with Crippen molar-refractivity contribution in [1.29, 1.82) is 26.3 Å². The molecule has 0 spiro atoms. The molecule has 0 atom stereocenters. The molecule has 8 nitrogen and oxygen atoms in total. The Morgan fingerprint density at radius 1 is 0.306 bits per heavy atom. The van der Waals surface area contributed by atoms with E-state index in [1.54, 1.807) is 0 Å². The minimum atomic E-state index is 0.502. The van der Waals surface area contributed by atoms with E-state index in [-0.39, 0.29) is 0 Å². The SMILES string of the molecule is N#Cc1ccc(-c2ccc3c4ccc(-c5ccc(C#N)cc5)cc4n(-c4cc(-c5ccccc5C#N)c(-n5c6cc(-c7ccc(C#N)cc7)ccc6c6ccc(-c7ccc(C#N)cc7)cc65)cn4)c3c2)cc1. The number of benzene rings is 9. The molecule has 0 amide bonds. The van der Waals surface area contributed by atoms with E-state index < -0.39 is 0 Å². The van der Waals surface area contributed by atoms with Crippen LogP contribution in [0.15, 0.2) is 206 Å². The van der Waals surface area contributed by atoms with Gasteiger partial charge in [-0.3, -0.25) is 4.57 Å². The van der Waals surface area contributed by atoms with Gasteiger partial charge in [-0.25, -0.2) is 4.98 Å². The van der Waals surface area contributed by atoms with Crippen LogP contribution in [-0.4, -0.2) is 14.1 Å². The first-order valence-corrected chi connectivity index (χ1v) is 23.1. The third-order valence-electron chi connectivity index (χ3n) is 13.6. The molecule has 0 aliphatic rings. The first-order chi connectivity index (χ1) is 35.4. The number of hydrogen-bond donors (Lipinski definition) is 0. The Kier molecular flexibility index (Phi) is 10.3. The second-order valence-corrected chi connectivity index (χ2v) is 17.6. The molecule has 0 bridgehead atoms. The zero-order valence-corrected chi connectivity index (χ0v) is 38.2. The third kappa shape index (κ3) is 7.17. The highest BCUT2D eigenvalue weighted by molar-refractivity contribution is 6.13. The molecule has 9 aromatic carbocycles. The molecule has 12 aromatic rings. The maximum absolute atomic E-state index is 10.8.